The highest BCUT2D eigenvalue weighted by Crippen LogP contribution is 2.30. The van der Waals surface area contributed by atoms with E-state index in [2.05, 4.69) is 4.98 Å². The summed E-state index contributed by atoms with van der Waals surface area (Å²) in [6, 6.07) is 20.9. The number of rotatable bonds is 5. The van der Waals surface area contributed by atoms with E-state index < -0.39 is 0 Å². The Morgan fingerprint density at radius 3 is 2.10 bits per heavy atom. The zero-order chi connectivity index (χ0) is 20.4. The van der Waals surface area contributed by atoms with Gasteiger partial charge in [-0.1, -0.05) is 25.1 Å². The summed E-state index contributed by atoms with van der Waals surface area (Å²) in [5.41, 5.74) is 3.59. The van der Waals surface area contributed by atoms with E-state index in [-0.39, 0.29) is 5.43 Å². The Morgan fingerprint density at radius 1 is 0.828 bits per heavy atom. The van der Waals surface area contributed by atoms with Crippen molar-refractivity contribution >= 4 is 10.9 Å². The van der Waals surface area contributed by atoms with Crippen LogP contribution in [0.3, 0.4) is 0 Å². The number of ether oxygens (including phenoxy) is 2. The molecule has 0 aliphatic carbocycles. The molecule has 0 spiro atoms. The van der Waals surface area contributed by atoms with Crippen LogP contribution in [0.4, 0.5) is 0 Å². The van der Waals surface area contributed by atoms with Crippen molar-refractivity contribution in [1.29, 1.82) is 0 Å². The van der Waals surface area contributed by atoms with Crippen molar-refractivity contribution in [2.24, 2.45) is 0 Å². The Hall–Kier alpha value is -3.53. The highest BCUT2D eigenvalue weighted by Gasteiger charge is 2.11. The van der Waals surface area contributed by atoms with Crippen LogP contribution in [-0.4, -0.2) is 4.98 Å². The van der Waals surface area contributed by atoms with E-state index in [1.165, 1.54) is 0 Å². The fraction of sp³-hybridized carbons (Fsp3) is 0.160. The van der Waals surface area contributed by atoms with Gasteiger partial charge in [-0.2, -0.15) is 0 Å². The van der Waals surface area contributed by atoms with Gasteiger partial charge in [0.05, 0.1) is 5.52 Å². The molecular formula is C25H23NO3. The lowest BCUT2D eigenvalue weighted by Crippen LogP contribution is -2.11. The van der Waals surface area contributed by atoms with Crippen LogP contribution in [0.15, 0.2) is 71.5 Å². The maximum Gasteiger partial charge on any atom is 0.192 e. The summed E-state index contributed by atoms with van der Waals surface area (Å²) in [4.78, 5) is 16.1. The lowest BCUT2D eigenvalue weighted by molar-refractivity contribution is 0.468. The van der Waals surface area contributed by atoms with E-state index in [0.717, 1.165) is 40.3 Å². The van der Waals surface area contributed by atoms with Gasteiger partial charge in [0.1, 0.15) is 23.0 Å². The molecule has 29 heavy (non-hydrogen) atoms. The van der Waals surface area contributed by atoms with Crippen molar-refractivity contribution in [3.05, 3.63) is 93.8 Å². The lowest BCUT2D eigenvalue weighted by atomic mass is 10.1. The van der Waals surface area contributed by atoms with E-state index in [1.807, 2.05) is 87.5 Å². The number of aromatic nitrogens is 1. The first-order valence-electron chi connectivity index (χ1n) is 9.72. The largest absolute Gasteiger partial charge is 0.457 e. The Labute approximate surface area is 169 Å². The molecule has 1 heterocycles. The van der Waals surface area contributed by atoms with Gasteiger partial charge in [-0.3, -0.25) is 4.79 Å². The van der Waals surface area contributed by atoms with Crippen LogP contribution in [0.5, 0.6) is 23.0 Å². The molecule has 0 unspecified atom stereocenters. The van der Waals surface area contributed by atoms with Crippen LogP contribution in [0, 0.1) is 13.8 Å². The molecule has 0 radical (unpaired) electrons. The van der Waals surface area contributed by atoms with Crippen LogP contribution in [0.1, 0.15) is 23.7 Å². The third-order valence-electron chi connectivity index (χ3n) is 5.02. The minimum Gasteiger partial charge on any atom is -0.457 e. The number of benzene rings is 3. The third kappa shape index (κ3) is 3.87. The highest BCUT2D eigenvalue weighted by molar-refractivity contribution is 5.82. The van der Waals surface area contributed by atoms with E-state index in [4.69, 9.17) is 9.47 Å². The van der Waals surface area contributed by atoms with Crippen molar-refractivity contribution in [2.45, 2.75) is 27.2 Å². The molecule has 4 heteroatoms. The first-order chi connectivity index (χ1) is 14.0. The zero-order valence-corrected chi connectivity index (χ0v) is 16.8. The number of aromatic amines is 1. The van der Waals surface area contributed by atoms with Gasteiger partial charge in [0, 0.05) is 16.6 Å². The van der Waals surface area contributed by atoms with Crippen LogP contribution < -0.4 is 14.9 Å². The molecule has 0 atom stereocenters. The van der Waals surface area contributed by atoms with E-state index in [9.17, 15) is 4.79 Å². The summed E-state index contributed by atoms with van der Waals surface area (Å²) in [6.07, 6.45) is 0.797. The molecule has 1 aromatic heterocycles. The van der Waals surface area contributed by atoms with Crippen LogP contribution in [-0.2, 0) is 6.42 Å². The highest BCUT2D eigenvalue weighted by atomic mass is 16.5. The maximum atomic E-state index is 12.8. The molecule has 4 aromatic rings. The van der Waals surface area contributed by atoms with Crippen LogP contribution in [0.2, 0.25) is 0 Å². The quantitative estimate of drug-likeness (QED) is 0.439. The van der Waals surface area contributed by atoms with Gasteiger partial charge in [-0.25, -0.2) is 0 Å². The molecule has 3 aromatic carbocycles. The fourth-order valence-electron chi connectivity index (χ4n) is 3.37. The number of para-hydroxylation sites is 1. The molecule has 0 aliphatic heterocycles. The number of H-pyrrole nitrogens is 1. The molecule has 0 saturated carbocycles. The Kier molecular flexibility index (Phi) is 5.09. The van der Waals surface area contributed by atoms with Crippen LogP contribution >= 0.6 is 0 Å². The summed E-state index contributed by atoms with van der Waals surface area (Å²) in [5.74, 6) is 2.88. The van der Waals surface area contributed by atoms with Gasteiger partial charge in [0.25, 0.3) is 0 Å². The molecular weight excluding hydrogens is 362 g/mol. The predicted octanol–water partition coefficient (Wildman–Crippen LogP) is 6.29. The van der Waals surface area contributed by atoms with Gasteiger partial charge in [0.15, 0.2) is 5.43 Å². The normalized spacial score (nSPS) is 10.9. The molecule has 4 rings (SSSR count). The lowest BCUT2D eigenvalue weighted by Gasteiger charge is -2.13. The number of pyridine rings is 1. The summed E-state index contributed by atoms with van der Waals surface area (Å²) in [6.45, 7) is 5.88. The number of fused-ring (bicyclic) bond motifs is 1. The molecule has 1 N–H and O–H groups in total. The average Bonchev–Trinajstić information content (AvgIpc) is 2.74. The number of hydrogen-bond acceptors (Lipinski definition) is 3. The van der Waals surface area contributed by atoms with Gasteiger partial charge < -0.3 is 14.5 Å². The van der Waals surface area contributed by atoms with Crippen molar-refractivity contribution in [2.75, 3.05) is 0 Å². The van der Waals surface area contributed by atoms with Gasteiger partial charge >= 0.3 is 0 Å². The maximum absolute atomic E-state index is 12.8. The average molecular weight is 385 g/mol. The first-order valence-corrected chi connectivity index (χ1v) is 9.72. The second-order valence-corrected chi connectivity index (χ2v) is 7.06. The summed E-state index contributed by atoms with van der Waals surface area (Å²) in [5, 5.41) is 0.643. The molecule has 0 bridgehead atoms. The molecule has 0 aliphatic rings. The smallest absolute Gasteiger partial charge is 0.192 e. The van der Waals surface area contributed by atoms with E-state index >= 15 is 0 Å². The number of hydrogen-bond donors (Lipinski definition) is 1. The number of aryl methyl sites for hydroxylation is 2. The van der Waals surface area contributed by atoms with Crippen molar-refractivity contribution < 1.29 is 9.47 Å². The topological polar surface area (TPSA) is 51.3 Å². The summed E-state index contributed by atoms with van der Waals surface area (Å²) < 4.78 is 11.9. The van der Waals surface area contributed by atoms with E-state index in [0.29, 0.717) is 16.9 Å². The second-order valence-electron chi connectivity index (χ2n) is 7.06. The second kappa shape index (κ2) is 7.84. The van der Waals surface area contributed by atoms with Crippen molar-refractivity contribution in [3.8, 4) is 23.0 Å². The van der Waals surface area contributed by atoms with Gasteiger partial charge in [-0.05, 0) is 74.4 Å². The molecule has 0 saturated heterocycles. The SMILES string of the molecule is CCc1[nH]c2cc(C)c(Oc3ccc(Oc4ccccc4)cc3)cc2c(=O)c1C. The molecule has 0 fully saturated rings. The summed E-state index contributed by atoms with van der Waals surface area (Å²) in [7, 11) is 0. The molecule has 146 valence electrons. The molecule has 0 amide bonds. The minimum atomic E-state index is 0.0482. The van der Waals surface area contributed by atoms with Crippen molar-refractivity contribution in [3.63, 3.8) is 0 Å². The molecule has 4 nitrogen and oxygen atoms in total. The Balaban J connectivity index is 1.61. The number of nitrogens with one attached hydrogen (secondary N) is 1. The van der Waals surface area contributed by atoms with Gasteiger partial charge in [0.2, 0.25) is 0 Å². The van der Waals surface area contributed by atoms with Crippen LogP contribution in [0.25, 0.3) is 10.9 Å². The van der Waals surface area contributed by atoms with Gasteiger partial charge in [-0.15, -0.1) is 0 Å². The fourth-order valence-corrected chi connectivity index (χ4v) is 3.37. The van der Waals surface area contributed by atoms with Crippen molar-refractivity contribution in [1.82, 2.24) is 4.98 Å². The summed E-state index contributed by atoms with van der Waals surface area (Å²) >= 11 is 0. The van der Waals surface area contributed by atoms with E-state index in [1.54, 1.807) is 0 Å². The minimum absolute atomic E-state index is 0.0482. The zero-order valence-electron chi connectivity index (χ0n) is 16.8. The standard InChI is InChI=1S/C25H23NO3/c1-4-22-17(3)25(27)21-15-24(16(2)14-23(21)26-22)29-20-12-10-19(11-13-20)28-18-8-6-5-7-9-18/h5-15H,4H2,1-3H3,(H,26,27). The predicted molar refractivity (Wildman–Crippen MR) is 116 cm³/mol. The Bertz CT molecular complexity index is 1210. The Morgan fingerprint density at radius 2 is 1.45 bits per heavy atom. The monoisotopic (exact) mass is 385 g/mol. The first kappa shape index (κ1) is 18.8. The third-order valence-corrected chi connectivity index (χ3v) is 5.02.